The van der Waals surface area contributed by atoms with Crippen LogP contribution in [0.5, 0.6) is 0 Å². The van der Waals surface area contributed by atoms with Gasteiger partial charge in [-0.2, -0.15) is 13.2 Å². The molecule has 2 aromatic carbocycles. The number of rotatable bonds is 7. The van der Waals surface area contributed by atoms with Crippen molar-refractivity contribution < 1.29 is 27.6 Å². The molecule has 0 fully saturated rings. The average Bonchev–Trinajstić information content (AvgIpc) is 2.70. The van der Waals surface area contributed by atoms with E-state index in [1.807, 2.05) is 0 Å². The number of amides is 3. The first kappa shape index (κ1) is 24.2. The highest BCUT2D eigenvalue weighted by molar-refractivity contribution is 6.33. The minimum atomic E-state index is -4.57. The first-order valence-corrected chi connectivity index (χ1v) is 9.67. The van der Waals surface area contributed by atoms with Crippen molar-refractivity contribution >= 4 is 35.0 Å². The first-order chi connectivity index (χ1) is 14.5. The number of hydrogen-bond donors (Lipinski definition) is 3. The first-order valence-electron chi connectivity index (χ1n) is 9.30. The Morgan fingerprint density at radius 3 is 2.10 bits per heavy atom. The van der Waals surface area contributed by atoms with Crippen molar-refractivity contribution in [1.29, 1.82) is 0 Å². The molecule has 0 aliphatic carbocycles. The molecule has 2 rings (SSSR count). The summed E-state index contributed by atoms with van der Waals surface area (Å²) in [6.07, 6.45) is -4.57. The SMILES string of the molecule is CC(C)[C@H](NC(=O)c1ccccc1Cl)C(=O)Nc1ccccc1C(=O)NCC(F)(F)F. The van der Waals surface area contributed by atoms with Crippen LogP contribution >= 0.6 is 11.6 Å². The minimum Gasteiger partial charge on any atom is -0.343 e. The number of carbonyl (C=O) groups excluding carboxylic acids is 3. The van der Waals surface area contributed by atoms with Gasteiger partial charge in [-0.05, 0) is 30.2 Å². The van der Waals surface area contributed by atoms with Gasteiger partial charge in [0.05, 0.1) is 21.8 Å². The molecule has 3 N–H and O–H groups in total. The Balaban J connectivity index is 2.17. The Morgan fingerprint density at radius 1 is 0.935 bits per heavy atom. The van der Waals surface area contributed by atoms with Gasteiger partial charge in [-0.3, -0.25) is 14.4 Å². The number of alkyl halides is 3. The Labute approximate surface area is 182 Å². The number of carbonyl (C=O) groups is 3. The monoisotopic (exact) mass is 455 g/mol. The van der Waals surface area contributed by atoms with Crippen LogP contribution in [-0.4, -0.2) is 36.5 Å². The molecule has 3 amide bonds. The molecule has 10 heteroatoms. The van der Waals surface area contributed by atoms with Gasteiger partial charge in [0.15, 0.2) is 0 Å². The standard InChI is InChI=1S/C21H21ClF3N3O3/c1-12(2)17(28-19(30)13-7-3-5-9-15(13)22)20(31)27-16-10-6-4-8-14(16)18(29)26-11-21(23,24)25/h3-10,12,17H,11H2,1-2H3,(H,26,29)(H,27,31)(H,28,30)/t17-/m0/s1. The van der Waals surface area contributed by atoms with Gasteiger partial charge in [0.1, 0.15) is 12.6 Å². The highest BCUT2D eigenvalue weighted by Gasteiger charge is 2.29. The molecule has 1 atom stereocenters. The Morgan fingerprint density at radius 2 is 1.52 bits per heavy atom. The summed E-state index contributed by atoms with van der Waals surface area (Å²) in [5.74, 6) is -2.52. The second-order valence-electron chi connectivity index (χ2n) is 7.01. The third kappa shape index (κ3) is 6.99. The van der Waals surface area contributed by atoms with E-state index in [-0.39, 0.29) is 27.8 Å². The van der Waals surface area contributed by atoms with E-state index in [1.165, 1.54) is 36.4 Å². The molecule has 0 spiro atoms. The summed E-state index contributed by atoms with van der Waals surface area (Å²) in [4.78, 5) is 37.5. The van der Waals surface area contributed by atoms with Crippen molar-refractivity contribution in [2.75, 3.05) is 11.9 Å². The molecule has 0 aromatic heterocycles. The molecule has 31 heavy (non-hydrogen) atoms. The Hall–Kier alpha value is -3.07. The van der Waals surface area contributed by atoms with E-state index in [4.69, 9.17) is 11.6 Å². The van der Waals surface area contributed by atoms with Crippen LogP contribution in [0.1, 0.15) is 34.6 Å². The summed E-state index contributed by atoms with van der Waals surface area (Å²) >= 11 is 6.02. The third-order valence-corrected chi connectivity index (χ3v) is 4.56. The Kier molecular flexibility index (Phi) is 8.04. The molecular formula is C21H21ClF3N3O3. The van der Waals surface area contributed by atoms with Crippen molar-refractivity contribution in [2.24, 2.45) is 5.92 Å². The number of benzene rings is 2. The average molecular weight is 456 g/mol. The maximum absolute atomic E-state index is 12.8. The summed E-state index contributed by atoms with van der Waals surface area (Å²) in [7, 11) is 0. The summed E-state index contributed by atoms with van der Waals surface area (Å²) in [5, 5.41) is 7.10. The fourth-order valence-corrected chi connectivity index (χ4v) is 2.90. The summed E-state index contributed by atoms with van der Waals surface area (Å²) in [6.45, 7) is 1.91. The van der Waals surface area contributed by atoms with Gasteiger partial charge >= 0.3 is 6.18 Å². The van der Waals surface area contributed by atoms with Crippen LogP contribution in [0.2, 0.25) is 5.02 Å². The predicted molar refractivity (Wildman–Crippen MR) is 111 cm³/mol. The normalized spacial score (nSPS) is 12.2. The van der Waals surface area contributed by atoms with E-state index in [0.29, 0.717) is 0 Å². The highest BCUT2D eigenvalue weighted by Crippen LogP contribution is 2.19. The number of nitrogens with one attached hydrogen (secondary N) is 3. The molecule has 0 aliphatic heterocycles. The lowest BCUT2D eigenvalue weighted by molar-refractivity contribution is -0.123. The van der Waals surface area contributed by atoms with E-state index in [9.17, 15) is 27.6 Å². The van der Waals surface area contributed by atoms with Gasteiger partial charge in [0.2, 0.25) is 5.91 Å². The molecule has 0 bridgehead atoms. The second kappa shape index (κ2) is 10.3. The topological polar surface area (TPSA) is 87.3 Å². The fourth-order valence-electron chi connectivity index (χ4n) is 2.68. The molecule has 0 saturated carbocycles. The van der Waals surface area contributed by atoms with Crippen LogP contribution in [0.3, 0.4) is 0 Å². The van der Waals surface area contributed by atoms with Crippen LogP contribution in [0.25, 0.3) is 0 Å². The number of halogens is 4. The number of anilines is 1. The lowest BCUT2D eigenvalue weighted by Gasteiger charge is -2.22. The van der Waals surface area contributed by atoms with Crippen molar-refractivity contribution in [3.63, 3.8) is 0 Å². The quantitative estimate of drug-likeness (QED) is 0.589. The summed E-state index contributed by atoms with van der Waals surface area (Å²) < 4.78 is 37.2. The maximum atomic E-state index is 12.8. The summed E-state index contributed by atoms with van der Waals surface area (Å²) in [6, 6.07) is 11.0. The van der Waals surface area contributed by atoms with E-state index in [0.717, 1.165) is 0 Å². The van der Waals surface area contributed by atoms with Gasteiger partial charge < -0.3 is 16.0 Å². The van der Waals surface area contributed by atoms with Crippen molar-refractivity contribution in [1.82, 2.24) is 10.6 Å². The van der Waals surface area contributed by atoms with Gasteiger partial charge in [-0.15, -0.1) is 0 Å². The van der Waals surface area contributed by atoms with Crippen LogP contribution < -0.4 is 16.0 Å². The largest absolute Gasteiger partial charge is 0.405 e. The van der Waals surface area contributed by atoms with E-state index >= 15 is 0 Å². The predicted octanol–water partition coefficient (Wildman–Crippen LogP) is 4.03. The maximum Gasteiger partial charge on any atom is 0.405 e. The fraction of sp³-hybridized carbons (Fsp3) is 0.286. The molecule has 0 unspecified atom stereocenters. The zero-order valence-electron chi connectivity index (χ0n) is 16.7. The zero-order valence-corrected chi connectivity index (χ0v) is 17.5. The smallest absolute Gasteiger partial charge is 0.343 e. The molecule has 0 heterocycles. The number of hydrogen-bond acceptors (Lipinski definition) is 3. The van der Waals surface area contributed by atoms with Crippen molar-refractivity contribution in [3.8, 4) is 0 Å². The third-order valence-electron chi connectivity index (χ3n) is 4.23. The van der Waals surface area contributed by atoms with Gasteiger partial charge in [-0.1, -0.05) is 49.7 Å². The molecule has 0 radical (unpaired) electrons. The van der Waals surface area contributed by atoms with E-state index in [2.05, 4.69) is 10.6 Å². The summed E-state index contributed by atoms with van der Waals surface area (Å²) in [5.41, 5.74) is 0.0689. The molecular weight excluding hydrogens is 435 g/mol. The molecule has 0 aliphatic rings. The molecule has 166 valence electrons. The molecule has 0 saturated heterocycles. The highest BCUT2D eigenvalue weighted by atomic mass is 35.5. The van der Waals surface area contributed by atoms with E-state index < -0.39 is 36.5 Å². The lowest BCUT2D eigenvalue weighted by atomic mass is 10.0. The minimum absolute atomic E-state index is 0.0183. The van der Waals surface area contributed by atoms with Crippen LogP contribution in [-0.2, 0) is 4.79 Å². The second-order valence-corrected chi connectivity index (χ2v) is 7.41. The van der Waals surface area contributed by atoms with Crippen molar-refractivity contribution in [3.05, 3.63) is 64.7 Å². The zero-order chi connectivity index (χ0) is 23.2. The van der Waals surface area contributed by atoms with Crippen molar-refractivity contribution in [2.45, 2.75) is 26.1 Å². The van der Waals surface area contributed by atoms with E-state index in [1.54, 1.807) is 31.3 Å². The van der Waals surface area contributed by atoms with Crippen LogP contribution in [0.15, 0.2) is 48.5 Å². The van der Waals surface area contributed by atoms with Gasteiger partial charge in [0.25, 0.3) is 11.8 Å². The van der Waals surface area contributed by atoms with Gasteiger partial charge in [0, 0.05) is 0 Å². The van der Waals surface area contributed by atoms with Crippen LogP contribution in [0, 0.1) is 5.92 Å². The van der Waals surface area contributed by atoms with Crippen LogP contribution in [0.4, 0.5) is 18.9 Å². The number of para-hydroxylation sites is 1. The molecule has 6 nitrogen and oxygen atoms in total. The van der Waals surface area contributed by atoms with Gasteiger partial charge in [-0.25, -0.2) is 0 Å². The Bertz CT molecular complexity index is 964. The lowest BCUT2D eigenvalue weighted by Crippen LogP contribution is -2.47. The molecule has 2 aromatic rings.